The van der Waals surface area contributed by atoms with Gasteiger partial charge in [0.05, 0.1) is 0 Å². The van der Waals surface area contributed by atoms with E-state index < -0.39 is 0 Å². The van der Waals surface area contributed by atoms with Crippen molar-refractivity contribution in [2.24, 2.45) is 0 Å². The van der Waals surface area contributed by atoms with Crippen LogP contribution in [0.3, 0.4) is 0 Å². The molecule has 0 aromatic rings. The fraction of sp³-hybridized carbons (Fsp3) is 0.600. The normalized spacial score (nSPS) is 2.44. The van der Waals surface area contributed by atoms with Gasteiger partial charge in [-0.2, -0.15) is 0 Å². The molecule has 0 aliphatic rings. The van der Waals surface area contributed by atoms with Gasteiger partial charge in [-0.15, -0.1) is 0 Å². The summed E-state index contributed by atoms with van der Waals surface area (Å²) in [6.07, 6.45) is 1.25. The number of hydrogen-bond donors (Lipinski definition) is 2. The second-order valence-corrected chi connectivity index (χ2v) is 0.707. The Hall–Kier alpha value is -0.600. The summed E-state index contributed by atoms with van der Waals surface area (Å²) >= 11 is 0. The molecule has 0 saturated carbocycles. The van der Waals surface area contributed by atoms with Crippen LogP contribution in [0.15, 0.2) is 0 Å². The van der Waals surface area contributed by atoms with E-state index in [1.54, 1.807) is 0 Å². The van der Waals surface area contributed by atoms with Crippen LogP contribution in [0, 0.1) is 13.3 Å². The van der Waals surface area contributed by atoms with E-state index in [4.69, 9.17) is 9.30 Å². The molecular formula is C5H14N2O2. The van der Waals surface area contributed by atoms with Gasteiger partial charge >= 0.3 is 22.6 Å². The molecule has 0 radical (unpaired) electrons. The Bertz CT molecular complexity index is 36.7. The molecular weight excluding hydrogens is 120 g/mol. The summed E-state index contributed by atoms with van der Waals surface area (Å²) in [4.78, 5) is 0. The maximum absolute atomic E-state index is 7.50. The van der Waals surface area contributed by atoms with E-state index in [9.17, 15) is 0 Å². The van der Waals surface area contributed by atoms with E-state index in [1.165, 1.54) is 6.42 Å². The monoisotopic (exact) mass is 134 g/mol. The Morgan fingerprint density at radius 3 is 0.889 bits per heavy atom. The third-order valence-corrected chi connectivity index (χ3v) is 0. The summed E-state index contributed by atoms with van der Waals surface area (Å²) in [6, 6.07) is 0. The molecule has 0 rings (SSSR count). The standard InChI is InChI=1S/C3H8.2CO.2H3N/c1-3-2;2*1-2;;/h3H2,1-2H3;;;2*1H3. The van der Waals surface area contributed by atoms with Crippen LogP contribution in [0.2, 0.25) is 0 Å². The first-order chi connectivity index (χ1) is 3.41. The van der Waals surface area contributed by atoms with Crippen molar-refractivity contribution in [3.8, 4) is 0 Å². The van der Waals surface area contributed by atoms with Gasteiger partial charge in [-0.25, -0.2) is 0 Å². The molecule has 4 nitrogen and oxygen atoms in total. The summed E-state index contributed by atoms with van der Waals surface area (Å²) in [6.45, 7) is 13.2. The van der Waals surface area contributed by atoms with Gasteiger partial charge in [0, 0.05) is 0 Å². The van der Waals surface area contributed by atoms with Crippen molar-refractivity contribution in [2.45, 2.75) is 20.3 Å². The molecule has 56 valence electrons. The predicted octanol–water partition coefficient (Wildman–Crippen LogP) is 1.67. The molecule has 0 aromatic carbocycles. The first kappa shape index (κ1) is 39.8. The Balaban J connectivity index is -0.00000000825. The van der Waals surface area contributed by atoms with E-state index in [0.717, 1.165) is 0 Å². The van der Waals surface area contributed by atoms with Gasteiger partial charge in [0.15, 0.2) is 0 Å². The quantitative estimate of drug-likeness (QED) is 0.388. The topological polar surface area (TPSA) is 110 Å². The van der Waals surface area contributed by atoms with Gasteiger partial charge in [-0.3, -0.25) is 0 Å². The number of rotatable bonds is 0. The van der Waals surface area contributed by atoms with E-state index in [-0.39, 0.29) is 12.3 Å². The first-order valence-corrected chi connectivity index (χ1v) is 1.82. The molecule has 9 heavy (non-hydrogen) atoms. The van der Waals surface area contributed by atoms with Crippen molar-refractivity contribution < 1.29 is 9.30 Å². The average Bonchev–Trinajstić information content (AvgIpc) is 1.78. The molecule has 0 amide bonds. The third-order valence-electron chi connectivity index (χ3n) is 0. The third kappa shape index (κ3) is 599. The zero-order valence-electron chi connectivity index (χ0n) is 5.94. The van der Waals surface area contributed by atoms with Crippen molar-refractivity contribution >= 4 is 0 Å². The minimum atomic E-state index is 0. The van der Waals surface area contributed by atoms with Crippen molar-refractivity contribution in [1.82, 2.24) is 12.3 Å². The summed E-state index contributed by atoms with van der Waals surface area (Å²) in [5.74, 6) is 0. The van der Waals surface area contributed by atoms with E-state index in [0.29, 0.717) is 0 Å². The van der Waals surface area contributed by atoms with Gasteiger partial charge in [0.25, 0.3) is 0 Å². The summed E-state index contributed by atoms with van der Waals surface area (Å²) in [5.41, 5.74) is 0. The van der Waals surface area contributed by atoms with Crippen LogP contribution >= 0.6 is 0 Å². The van der Waals surface area contributed by atoms with Gasteiger partial charge in [0.2, 0.25) is 0 Å². The molecule has 0 fully saturated rings. The predicted molar refractivity (Wildman–Crippen MR) is 33.9 cm³/mol. The Kier molecular flexibility index (Phi) is 8380. The molecule has 0 bridgehead atoms. The van der Waals surface area contributed by atoms with Gasteiger partial charge < -0.3 is 12.3 Å². The Labute approximate surface area is 56.2 Å². The molecule has 0 aromatic heterocycles. The van der Waals surface area contributed by atoms with E-state index in [2.05, 4.69) is 27.1 Å². The van der Waals surface area contributed by atoms with Gasteiger partial charge in [0.1, 0.15) is 0 Å². The minimum absolute atomic E-state index is 0. The van der Waals surface area contributed by atoms with E-state index >= 15 is 0 Å². The van der Waals surface area contributed by atoms with Crippen molar-refractivity contribution in [1.29, 1.82) is 0 Å². The molecule has 0 spiro atoms. The Morgan fingerprint density at radius 2 is 0.889 bits per heavy atom. The van der Waals surface area contributed by atoms with Crippen molar-refractivity contribution in [3.63, 3.8) is 0 Å². The molecule has 0 heterocycles. The molecule has 6 N–H and O–H groups in total. The fourth-order valence-electron chi connectivity index (χ4n) is 0. The van der Waals surface area contributed by atoms with Crippen LogP contribution in [-0.4, -0.2) is 0 Å². The zero-order chi connectivity index (χ0) is 6.71. The average molecular weight is 134 g/mol. The van der Waals surface area contributed by atoms with Crippen LogP contribution < -0.4 is 12.3 Å². The van der Waals surface area contributed by atoms with Crippen molar-refractivity contribution in [2.75, 3.05) is 0 Å². The second kappa shape index (κ2) is 1890. The molecule has 0 unspecified atom stereocenters. The second-order valence-electron chi connectivity index (χ2n) is 0.707. The summed E-state index contributed by atoms with van der Waals surface area (Å²) in [5, 5.41) is 0. The number of hydrogen-bond acceptors (Lipinski definition) is 2. The molecule has 0 aliphatic heterocycles. The molecule has 0 atom stereocenters. The van der Waals surface area contributed by atoms with Gasteiger partial charge in [-0.05, 0) is 0 Å². The van der Waals surface area contributed by atoms with Crippen LogP contribution in [0.4, 0.5) is 0 Å². The summed E-state index contributed by atoms with van der Waals surface area (Å²) in [7, 11) is 0. The van der Waals surface area contributed by atoms with E-state index in [1.807, 2.05) is 0 Å². The SMILES string of the molecule is CCC.N.N.[C-]#[O+].[C-]#[O+]. The zero-order valence-corrected chi connectivity index (χ0v) is 5.94. The molecule has 4 heteroatoms. The summed E-state index contributed by atoms with van der Waals surface area (Å²) < 4.78 is 15.0. The van der Waals surface area contributed by atoms with Crippen LogP contribution in [0.1, 0.15) is 20.3 Å². The van der Waals surface area contributed by atoms with Crippen LogP contribution in [0.5, 0.6) is 0 Å². The van der Waals surface area contributed by atoms with Crippen LogP contribution in [-0.2, 0) is 9.30 Å². The van der Waals surface area contributed by atoms with Gasteiger partial charge in [-0.1, -0.05) is 20.3 Å². The Morgan fingerprint density at radius 1 is 0.889 bits per heavy atom. The molecule has 0 aliphatic carbocycles. The first-order valence-electron chi connectivity index (χ1n) is 1.82. The maximum atomic E-state index is 7.50. The van der Waals surface area contributed by atoms with Crippen molar-refractivity contribution in [3.05, 3.63) is 13.3 Å². The molecule has 0 saturated heterocycles. The van der Waals surface area contributed by atoms with Crippen LogP contribution in [0.25, 0.3) is 0 Å². The fourth-order valence-corrected chi connectivity index (χ4v) is 0.